The normalized spacial score (nSPS) is 11.6. The van der Waals surface area contributed by atoms with Crippen LogP contribution in [0.5, 0.6) is 5.75 Å². The van der Waals surface area contributed by atoms with Gasteiger partial charge in [-0.1, -0.05) is 18.2 Å². The second-order valence-electron chi connectivity index (χ2n) is 5.03. The zero-order valence-corrected chi connectivity index (χ0v) is 13.7. The molecule has 0 fully saturated rings. The van der Waals surface area contributed by atoms with Gasteiger partial charge in [0, 0.05) is 24.2 Å². The number of para-hydroxylation sites is 1. The molecule has 0 unspecified atom stereocenters. The van der Waals surface area contributed by atoms with E-state index >= 15 is 0 Å². The number of rotatable bonds is 10. The van der Waals surface area contributed by atoms with Gasteiger partial charge in [0.1, 0.15) is 17.1 Å². The number of hydrogen-bond acceptors (Lipinski definition) is 7. The van der Waals surface area contributed by atoms with Crippen LogP contribution in [0.2, 0.25) is 0 Å². The zero-order chi connectivity index (χ0) is 20.6. The van der Waals surface area contributed by atoms with E-state index in [0.29, 0.717) is 12.2 Å². The first-order valence-electron chi connectivity index (χ1n) is 7.25. The number of phenolic OH excluding ortho intramolecular Hbond substituents is 1. The highest BCUT2D eigenvalue weighted by Crippen LogP contribution is 2.22. The fourth-order valence-corrected chi connectivity index (χ4v) is 1.93. The molecule has 0 heterocycles. The first kappa shape index (κ1) is 21.0. The molecule has 0 radical (unpaired) electrons. The van der Waals surface area contributed by atoms with Crippen LogP contribution in [0.25, 0.3) is 0 Å². The molecule has 0 amide bonds. The predicted octanol–water partition coefficient (Wildman–Crippen LogP) is -0.322. The van der Waals surface area contributed by atoms with E-state index in [1.54, 1.807) is 0 Å². The maximum absolute atomic E-state index is 11.0. The lowest BCUT2D eigenvalue weighted by Gasteiger charge is -2.13. The second kappa shape index (κ2) is 9.46. The van der Waals surface area contributed by atoms with E-state index in [9.17, 15) is 24.3 Å². The Labute approximate surface area is 151 Å². The summed E-state index contributed by atoms with van der Waals surface area (Å²) in [5.41, 5.74) is -0.761. The molecule has 0 aliphatic carbocycles. The van der Waals surface area contributed by atoms with E-state index in [4.69, 9.17) is 20.4 Å². The summed E-state index contributed by atoms with van der Waals surface area (Å²) in [4.78, 5) is 43.1. The van der Waals surface area contributed by atoms with Gasteiger partial charge in [-0.05, 0) is 0 Å². The Morgan fingerprint density at radius 3 is 1.44 bits per heavy atom. The highest BCUT2D eigenvalue weighted by atomic mass is 16.4. The van der Waals surface area contributed by atoms with E-state index in [1.807, 2.05) is 0 Å². The highest BCUT2D eigenvalue weighted by Gasteiger charge is 2.14. The molecule has 0 spiro atoms. The van der Waals surface area contributed by atoms with Crippen LogP contribution < -0.4 is 10.6 Å². The van der Waals surface area contributed by atoms with Crippen LogP contribution in [-0.4, -0.2) is 49.4 Å². The molecular weight excluding hydrogens is 364 g/mol. The minimum atomic E-state index is -1.50. The summed E-state index contributed by atoms with van der Waals surface area (Å²) in [6, 6.07) is 4.38. The number of phenols is 1. The number of aliphatic carboxylic acids is 4. The molecule has 11 heteroatoms. The number of carbonyl (C=O) groups is 4. The quantitative estimate of drug-likeness (QED) is 0.263. The lowest BCUT2D eigenvalue weighted by atomic mass is 10.1. The SMILES string of the molecule is O=C(O)/C=C(/NCc1cccc(CN/C(=C/C(=O)O)C(=O)O)c1O)C(=O)O. The third-order valence-corrected chi connectivity index (χ3v) is 3.14. The molecule has 0 aliphatic heterocycles. The Hall–Kier alpha value is -4.02. The minimum Gasteiger partial charge on any atom is -0.507 e. The zero-order valence-electron chi connectivity index (χ0n) is 13.7. The van der Waals surface area contributed by atoms with E-state index in [1.165, 1.54) is 18.2 Å². The largest absolute Gasteiger partial charge is 0.507 e. The van der Waals surface area contributed by atoms with Crippen LogP contribution in [-0.2, 0) is 32.3 Å². The van der Waals surface area contributed by atoms with Crippen LogP contribution in [0.3, 0.4) is 0 Å². The van der Waals surface area contributed by atoms with Crippen LogP contribution in [0, 0.1) is 0 Å². The first-order chi connectivity index (χ1) is 12.6. The number of hydrogen-bond donors (Lipinski definition) is 7. The number of nitrogens with one attached hydrogen (secondary N) is 2. The van der Waals surface area contributed by atoms with Crippen molar-refractivity contribution in [2.45, 2.75) is 13.1 Å². The molecular formula is C16H16N2O9. The van der Waals surface area contributed by atoms with Crippen molar-refractivity contribution in [3.8, 4) is 5.75 Å². The molecule has 0 bridgehead atoms. The van der Waals surface area contributed by atoms with E-state index in [-0.39, 0.29) is 30.0 Å². The molecule has 0 saturated carbocycles. The molecule has 0 aromatic heterocycles. The smallest absolute Gasteiger partial charge is 0.352 e. The van der Waals surface area contributed by atoms with Crippen molar-refractivity contribution in [3.05, 3.63) is 52.9 Å². The van der Waals surface area contributed by atoms with Crippen molar-refractivity contribution in [3.63, 3.8) is 0 Å². The number of benzene rings is 1. The maximum Gasteiger partial charge on any atom is 0.352 e. The van der Waals surface area contributed by atoms with Crippen LogP contribution >= 0.6 is 0 Å². The molecule has 1 aromatic carbocycles. The third kappa shape index (κ3) is 6.78. The van der Waals surface area contributed by atoms with Crippen molar-refractivity contribution in [2.24, 2.45) is 0 Å². The summed E-state index contributed by atoms with van der Waals surface area (Å²) >= 11 is 0. The molecule has 27 heavy (non-hydrogen) atoms. The molecule has 1 aromatic rings. The van der Waals surface area contributed by atoms with Crippen LogP contribution in [0.15, 0.2) is 41.7 Å². The minimum absolute atomic E-state index is 0.214. The van der Waals surface area contributed by atoms with Gasteiger partial charge in [0.25, 0.3) is 0 Å². The van der Waals surface area contributed by atoms with Gasteiger partial charge in [0.15, 0.2) is 0 Å². The van der Waals surface area contributed by atoms with Crippen LogP contribution in [0.4, 0.5) is 0 Å². The molecule has 144 valence electrons. The molecule has 7 N–H and O–H groups in total. The average Bonchev–Trinajstić information content (AvgIpc) is 2.56. The lowest BCUT2D eigenvalue weighted by molar-refractivity contribution is -0.135. The van der Waals surface area contributed by atoms with Gasteiger partial charge < -0.3 is 36.2 Å². The number of carboxylic acids is 4. The lowest BCUT2D eigenvalue weighted by Crippen LogP contribution is -2.22. The van der Waals surface area contributed by atoms with Gasteiger partial charge in [-0.3, -0.25) is 0 Å². The Balaban J connectivity index is 2.93. The average molecular weight is 380 g/mol. The summed E-state index contributed by atoms with van der Waals surface area (Å²) in [6.07, 6.45) is 0.918. The molecule has 11 nitrogen and oxygen atoms in total. The molecule has 0 saturated heterocycles. The summed E-state index contributed by atoms with van der Waals surface area (Å²) in [6.45, 7) is -0.441. The fraction of sp³-hybridized carbons (Fsp3) is 0.125. The van der Waals surface area contributed by atoms with E-state index < -0.39 is 35.3 Å². The summed E-state index contributed by atoms with van der Waals surface area (Å²) in [5, 5.41) is 50.0. The van der Waals surface area contributed by atoms with Crippen molar-refractivity contribution >= 4 is 23.9 Å². The summed E-state index contributed by atoms with van der Waals surface area (Å²) in [7, 11) is 0. The van der Waals surface area contributed by atoms with E-state index in [0.717, 1.165) is 0 Å². The van der Waals surface area contributed by atoms with Crippen molar-refractivity contribution in [1.82, 2.24) is 10.6 Å². The topological polar surface area (TPSA) is 193 Å². The standard InChI is InChI=1S/C16H16N2O9/c19-12(20)4-10(15(24)25)17-6-8-2-1-3-9(14(8)23)7-18-11(16(26)27)5-13(21)22/h1-5,17-18,23H,6-7H2,(H,19,20)(H,21,22)(H,24,25)(H,26,27)/b10-4+,11-5+. The van der Waals surface area contributed by atoms with Crippen molar-refractivity contribution in [1.29, 1.82) is 0 Å². The van der Waals surface area contributed by atoms with Gasteiger partial charge >= 0.3 is 23.9 Å². The molecule has 1 rings (SSSR count). The van der Waals surface area contributed by atoms with Crippen LogP contribution in [0.1, 0.15) is 11.1 Å². The molecule has 0 aliphatic rings. The second-order valence-corrected chi connectivity index (χ2v) is 5.03. The van der Waals surface area contributed by atoms with Gasteiger partial charge in [0.05, 0.1) is 12.2 Å². The van der Waals surface area contributed by atoms with Crippen molar-refractivity contribution < 1.29 is 44.7 Å². The third-order valence-electron chi connectivity index (χ3n) is 3.14. The number of aromatic hydroxyl groups is 1. The Bertz CT molecular complexity index is 763. The van der Waals surface area contributed by atoms with Gasteiger partial charge in [0.2, 0.25) is 0 Å². The van der Waals surface area contributed by atoms with Gasteiger partial charge in [-0.15, -0.1) is 0 Å². The Morgan fingerprint density at radius 2 is 1.15 bits per heavy atom. The fourth-order valence-electron chi connectivity index (χ4n) is 1.93. The monoisotopic (exact) mass is 380 g/mol. The molecule has 0 atom stereocenters. The van der Waals surface area contributed by atoms with Crippen molar-refractivity contribution in [2.75, 3.05) is 0 Å². The Kier molecular flexibility index (Phi) is 7.37. The predicted molar refractivity (Wildman–Crippen MR) is 88.5 cm³/mol. The summed E-state index contributed by atoms with van der Waals surface area (Å²) in [5.74, 6) is -6.22. The van der Waals surface area contributed by atoms with E-state index in [2.05, 4.69) is 10.6 Å². The van der Waals surface area contributed by atoms with Gasteiger partial charge in [-0.2, -0.15) is 0 Å². The Morgan fingerprint density at radius 1 is 0.778 bits per heavy atom. The first-order valence-corrected chi connectivity index (χ1v) is 7.25. The number of carboxylic acid groups (broad SMARTS) is 4. The summed E-state index contributed by atoms with van der Waals surface area (Å²) < 4.78 is 0. The maximum atomic E-state index is 11.0. The highest BCUT2D eigenvalue weighted by molar-refractivity contribution is 5.94. The van der Waals surface area contributed by atoms with Gasteiger partial charge in [-0.25, -0.2) is 19.2 Å².